The normalized spacial score (nSPS) is 23.4. The second-order valence-electron chi connectivity index (χ2n) is 4.28. The van der Waals surface area contributed by atoms with E-state index in [2.05, 4.69) is 10.3 Å². The van der Waals surface area contributed by atoms with E-state index in [-0.39, 0.29) is 5.91 Å². The molecule has 0 saturated carbocycles. The highest BCUT2D eigenvalue weighted by Crippen LogP contribution is 2.31. The molecule has 18 heavy (non-hydrogen) atoms. The summed E-state index contributed by atoms with van der Waals surface area (Å²) < 4.78 is 1.03. The monoisotopic (exact) mass is 280 g/mol. The van der Waals surface area contributed by atoms with Gasteiger partial charge in [-0.25, -0.2) is 4.98 Å². The first kappa shape index (κ1) is 12.0. The number of aliphatic hydroxyl groups is 1. The third kappa shape index (κ3) is 2.11. The van der Waals surface area contributed by atoms with E-state index < -0.39 is 5.60 Å². The molecule has 3 rings (SSSR count). The summed E-state index contributed by atoms with van der Waals surface area (Å²) in [4.78, 5) is 16.3. The molecule has 0 bridgehead atoms. The number of nitrogens with one attached hydrogen (secondary N) is 1. The number of carbonyl (C=O) groups is 1. The molecular weight excluding hydrogens is 268 g/mol. The first-order valence-electron chi connectivity index (χ1n) is 5.65. The predicted octanol–water partition coefficient (Wildman–Crippen LogP) is 2.10. The Hall–Kier alpha value is -1.11. The largest absolute Gasteiger partial charge is 0.379 e. The molecule has 2 aromatic rings. The van der Waals surface area contributed by atoms with E-state index in [1.54, 1.807) is 11.8 Å². The Morgan fingerprint density at radius 1 is 1.44 bits per heavy atom. The molecule has 0 aliphatic carbocycles. The van der Waals surface area contributed by atoms with Crippen molar-refractivity contribution in [3.63, 3.8) is 0 Å². The van der Waals surface area contributed by atoms with Gasteiger partial charge in [0.2, 0.25) is 0 Å². The van der Waals surface area contributed by atoms with Crippen LogP contribution in [0, 0.1) is 0 Å². The zero-order valence-electron chi connectivity index (χ0n) is 9.55. The molecule has 1 aliphatic rings. The van der Waals surface area contributed by atoms with Crippen LogP contribution >= 0.6 is 23.1 Å². The molecular formula is C12H12N2O2S2. The number of benzene rings is 1. The van der Waals surface area contributed by atoms with Crippen LogP contribution in [-0.4, -0.2) is 33.1 Å². The smallest absolute Gasteiger partial charge is 0.259 e. The van der Waals surface area contributed by atoms with Gasteiger partial charge in [0, 0.05) is 5.75 Å². The summed E-state index contributed by atoms with van der Waals surface area (Å²) in [5, 5.41) is 13.4. The van der Waals surface area contributed by atoms with Gasteiger partial charge in [-0.2, -0.15) is 11.8 Å². The topological polar surface area (TPSA) is 62.2 Å². The maximum Gasteiger partial charge on any atom is 0.259 e. The van der Waals surface area contributed by atoms with Crippen molar-refractivity contribution in [2.75, 3.05) is 16.8 Å². The van der Waals surface area contributed by atoms with Gasteiger partial charge in [0.1, 0.15) is 0 Å². The minimum atomic E-state index is -1.23. The van der Waals surface area contributed by atoms with Crippen LogP contribution in [0.25, 0.3) is 10.2 Å². The van der Waals surface area contributed by atoms with E-state index in [1.165, 1.54) is 11.3 Å². The zero-order valence-corrected chi connectivity index (χ0v) is 11.2. The molecule has 1 aromatic heterocycles. The molecule has 0 spiro atoms. The molecule has 1 amide bonds. The Morgan fingerprint density at radius 2 is 2.28 bits per heavy atom. The summed E-state index contributed by atoms with van der Waals surface area (Å²) in [7, 11) is 0. The van der Waals surface area contributed by atoms with Crippen molar-refractivity contribution < 1.29 is 9.90 Å². The number of nitrogens with zero attached hydrogens (tertiary/aromatic N) is 1. The van der Waals surface area contributed by atoms with E-state index in [0.29, 0.717) is 17.3 Å². The molecule has 2 N–H and O–H groups in total. The number of amides is 1. The van der Waals surface area contributed by atoms with Crippen molar-refractivity contribution in [1.82, 2.24) is 4.98 Å². The lowest BCUT2D eigenvalue weighted by atomic mass is 10.0. The van der Waals surface area contributed by atoms with Gasteiger partial charge in [0.25, 0.3) is 5.91 Å². The average molecular weight is 280 g/mol. The highest BCUT2D eigenvalue weighted by molar-refractivity contribution is 7.99. The standard InChI is InChI=1S/C12H12N2O2S2/c15-10(12(16)5-6-17-7-12)14-11-13-8-3-1-2-4-9(8)18-11/h1-4,16H,5-7H2,(H,13,14,15). The van der Waals surface area contributed by atoms with Crippen molar-refractivity contribution in [3.05, 3.63) is 24.3 Å². The van der Waals surface area contributed by atoms with Gasteiger partial charge in [0.15, 0.2) is 10.7 Å². The molecule has 1 fully saturated rings. The molecule has 6 heteroatoms. The minimum absolute atomic E-state index is 0.341. The van der Waals surface area contributed by atoms with E-state index in [9.17, 15) is 9.90 Å². The molecule has 1 aliphatic heterocycles. The van der Waals surface area contributed by atoms with Crippen molar-refractivity contribution in [2.24, 2.45) is 0 Å². The van der Waals surface area contributed by atoms with Gasteiger partial charge in [-0.3, -0.25) is 10.1 Å². The van der Waals surface area contributed by atoms with Crippen molar-refractivity contribution in [3.8, 4) is 0 Å². The third-order valence-electron chi connectivity index (χ3n) is 2.94. The lowest BCUT2D eigenvalue weighted by Gasteiger charge is -2.18. The molecule has 1 saturated heterocycles. The number of hydrogen-bond donors (Lipinski definition) is 2. The fraction of sp³-hybridized carbons (Fsp3) is 0.333. The number of thiazole rings is 1. The Morgan fingerprint density at radius 3 is 3.00 bits per heavy atom. The maximum atomic E-state index is 12.0. The van der Waals surface area contributed by atoms with E-state index in [0.717, 1.165) is 16.0 Å². The van der Waals surface area contributed by atoms with E-state index >= 15 is 0 Å². The number of carbonyl (C=O) groups excluding carboxylic acids is 1. The second-order valence-corrected chi connectivity index (χ2v) is 6.41. The van der Waals surface area contributed by atoms with Crippen LogP contribution < -0.4 is 5.32 Å². The summed E-state index contributed by atoms with van der Waals surface area (Å²) in [5.41, 5.74) is -0.367. The number of anilines is 1. The fourth-order valence-electron chi connectivity index (χ4n) is 1.87. The van der Waals surface area contributed by atoms with Crippen LogP contribution in [0.15, 0.2) is 24.3 Å². The van der Waals surface area contributed by atoms with Crippen LogP contribution in [0.5, 0.6) is 0 Å². The Balaban J connectivity index is 1.81. The number of para-hydroxylation sites is 1. The van der Waals surface area contributed by atoms with Crippen LogP contribution in [0.3, 0.4) is 0 Å². The summed E-state index contributed by atoms with van der Waals surface area (Å²) in [6.07, 6.45) is 0.508. The SMILES string of the molecule is O=C(Nc1nc2ccccc2s1)C1(O)CCSC1. The number of rotatable bonds is 2. The summed E-state index contributed by atoms with van der Waals surface area (Å²) in [5.74, 6) is 0.944. The molecule has 0 radical (unpaired) electrons. The van der Waals surface area contributed by atoms with Gasteiger partial charge >= 0.3 is 0 Å². The van der Waals surface area contributed by atoms with E-state index in [1.807, 2.05) is 24.3 Å². The van der Waals surface area contributed by atoms with Crippen molar-refractivity contribution >= 4 is 44.4 Å². The maximum absolute atomic E-state index is 12.0. The number of fused-ring (bicyclic) bond motifs is 1. The highest BCUT2D eigenvalue weighted by Gasteiger charge is 2.39. The van der Waals surface area contributed by atoms with Crippen molar-refractivity contribution in [2.45, 2.75) is 12.0 Å². The quantitative estimate of drug-likeness (QED) is 0.884. The fourth-order valence-corrected chi connectivity index (χ4v) is 3.97. The molecule has 1 aromatic carbocycles. The van der Waals surface area contributed by atoms with Crippen LogP contribution in [0.4, 0.5) is 5.13 Å². The first-order valence-corrected chi connectivity index (χ1v) is 7.62. The lowest BCUT2D eigenvalue weighted by Crippen LogP contribution is -2.42. The first-order chi connectivity index (χ1) is 8.67. The Kier molecular flexibility index (Phi) is 3.01. The molecule has 4 nitrogen and oxygen atoms in total. The third-order valence-corrected chi connectivity index (χ3v) is 5.06. The van der Waals surface area contributed by atoms with Gasteiger partial charge in [-0.05, 0) is 24.3 Å². The highest BCUT2D eigenvalue weighted by atomic mass is 32.2. The molecule has 1 atom stereocenters. The van der Waals surface area contributed by atoms with Crippen LogP contribution in [-0.2, 0) is 4.79 Å². The molecule has 94 valence electrons. The van der Waals surface area contributed by atoms with Crippen LogP contribution in [0.2, 0.25) is 0 Å². The Labute approximate surface area is 112 Å². The summed E-state index contributed by atoms with van der Waals surface area (Å²) in [6.45, 7) is 0. The van der Waals surface area contributed by atoms with Gasteiger partial charge in [-0.1, -0.05) is 23.5 Å². The predicted molar refractivity (Wildman–Crippen MR) is 75.1 cm³/mol. The second kappa shape index (κ2) is 4.53. The van der Waals surface area contributed by atoms with Crippen LogP contribution in [0.1, 0.15) is 6.42 Å². The van der Waals surface area contributed by atoms with Gasteiger partial charge in [-0.15, -0.1) is 0 Å². The lowest BCUT2D eigenvalue weighted by molar-refractivity contribution is -0.131. The van der Waals surface area contributed by atoms with Crippen molar-refractivity contribution in [1.29, 1.82) is 0 Å². The van der Waals surface area contributed by atoms with Gasteiger partial charge < -0.3 is 5.11 Å². The Bertz CT molecular complexity index is 558. The summed E-state index contributed by atoms with van der Waals surface area (Å²) in [6, 6.07) is 7.71. The number of thioether (sulfide) groups is 1. The molecule has 1 unspecified atom stereocenters. The number of aromatic nitrogens is 1. The zero-order chi connectivity index (χ0) is 12.6. The molecule has 2 heterocycles. The minimum Gasteiger partial charge on any atom is -0.379 e. The van der Waals surface area contributed by atoms with E-state index in [4.69, 9.17) is 0 Å². The average Bonchev–Trinajstić information content (AvgIpc) is 2.95. The van der Waals surface area contributed by atoms with Gasteiger partial charge in [0.05, 0.1) is 10.2 Å². The summed E-state index contributed by atoms with van der Waals surface area (Å²) >= 11 is 3.02. The number of hydrogen-bond acceptors (Lipinski definition) is 5.